The van der Waals surface area contributed by atoms with Crippen molar-refractivity contribution in [2.24, 2.45) is 0 Å². The summed E-state index contributed by atoms with van der Waals surface area (Å²) in [4.78, 5) is 27.5. The predicted molar refractivity (Wildman–Crippen MR) is 121 cm³/mol. The van der Waals surface area contributed by atoms with Crippen LogP contribution in [0, 0.1) is 0 Å². The number of aromatic nitrogens is 3. The first-order valence-corrected chi connectivity index (χ1v) is 11.0. The van der Waals surface area contributed by atoms with Gasteiger partial charge in [0.05, 0.1) is 16.9 Å². The summed E-state index contributed by atoms with van der Waals surface area (Å²) in [6, 6.07) is 8.78. The maximum absolute atomic E-state index is 11.1. The lowest BCUT2D eigenvalue weighted by Crippen LogP contribution is -2.46. The number of piperidine rings is 1. The van der Waals surface area contributed by atoms with Crippen LogP contribution in [-0.4, -0.2) is 74.2 Å². The van der Waals surface area contributed by atoms with Gasteiger partial charge in [-0.15, -0.1) is 0 Å². The predicted octanol–water partition coefficient (Wildman–Crippen LogP) is 3.91. The van der Waals surface area contributed by atoms with Gasteiger partial charge < -0.3 is 20.3 Å². The number of rotatable bonds is 4. The summed E-state index contributed by atoms with van der Waals surface area (Å²) >= 11 is 6.44. The summed E-state index contributed by atoms with van der Waals surface area (Å²) in [5.41, 5.74) is 2.72. The number of hydrogen-bond donors (Lipinski definition) is 3. The molecule has 0 bridgehead atoms. The normalized spacial score (nSPS) is 20.4. The quantitative estimate of drug-likeness (QED) is 0.569. The Hall–Kier alpha value is -2.84. The van der Waals surface area contributed by atoms with E-state index in [0.717, 1.165) is 48.8 Å². The van der Waals surface area contributed by atoms with E-state index in [2.05, 4.69) is 26.3 Å². The summed E-state index contributed by atoms with van der Waals surface area (Å²) < 4.78 is 0. The van der Waals surface area contributed by atoms with E-state index >= 15 is 0 Å². The molecule has 5 rings (SSSR count). The number of aromatic amines is 1. The number of para-hydroxylation sites is 1. The van der Waals surface area contributed by atoms with Crippen molar-refractivity contribution in [3.8, 4) is 11.3 Å². The molecule has 2 aliphatic heterocycles. The van der Waals surface area contributed by atoms with Crippen LogP contribution >= 0.6 is 11.6 Å². The lowest BCUT2D eigenvalue weighted by Gasteiger charge is -2.35. The zero-order chi connectivity index (χ0) is 21.4. The Balaban J connectivity index is 1.26. The van der Waals surface area contributed by atoms with Crippen molar-refractivity contribution < 1.29 is 9.90 Å². The van der Waals surface area contributed by atoms with Crippen molar-refractivity contribution in [3.05, 3.63) is 41.7 Å². The van der Waals surface area contributed by atoms with Gasteiger partial charge in [-0.25, -0.2) is 14.8 Å². The number of nitrogens with zero attached hydrogens (tertiary/aromatic N) is 4. The topological polar surface area (TPSA) is 97.4 Å². The monoisotopic (exact) mass is 440 g/mol. The van der Waals surface area contributed by atoms with Gasteiger partial charge in [0.2, 0.25) is 5.95 Å². The third-order valence-corrected chi connectivity index (χ3v) is 6.67. The smallest absolute Gasteiger partial charge is 0.407 e. The third kappa shape index (κ3) is 4.05. The van der Waals surface area contributed by atoms with E-state index < -0.39 is 6.09 Å². The fourth-order valence-corrected chi connectivity index (χ4v) is 4.93. The molecule has 1 aromatic carbocycles. The van der Waals surface area contributed by atoms with Crippen molar-refractivity contribution in [3.63, 3.8) is 0 Å². The second-order valence-corrected chi connectivity index (χ2v) is 8.67. The minimum atomic E-state index is -0.815. The number of fused-ring (bicyclic) bond motifs is 1. The average Bonchev–Trinajstić information content (AvgIpc) is 3.42. The number of likely N-dealkylation sites (tertiary alicyclic amines) is 2. The molecule has 0 unspecified atom stereocenters. The first-order chi connectivity index (χ1) is 15.1. The molecule has 9 heteroatoms. The van der Waals surface area contributed by atoms with Crippen LogP contribution in [0.4, 0.5) is 10.7 Å². The molecule has 1 amide bonds. The van der Waals surface area contributed by atoms with Crippen LogP contribution in [0.1, 0.15) is 19.3 Å². The van der Waals surface area contributed by atoms with E-state index in [1.807, 2.05) is 24.4 Å². The lowest BCUT2D eigenvalue weighted by molar-refractivity contribution is 0.105. The number of carbonyl (C=O) groups is 1. The van der Waals surface area contributed by atoms with Gasteiger partial charge in [0.25, 0.3) is 0 Å². The summed E-state index contributed by atoms with van der Waals surface area (Å²) in [5.74, 6) is 0.581. The van der Waals surface area contributed by atoms with Crippen LogP contribution in [0.3, 0.4) is 0 Å². The van der Waals surface area contributed by atoms with Gasteiger partial charge >= 0.3 is 6.09 Å². The second-order valence-electron chi connectivity index (χ2n) is 8.26. The van der Waals surface area contributed by atoms with Crippen LogP contribution in [0.2, 0.25) is 5.02 Å². The number of amides is 1. The minimum Gasteiger partial charge on any atom is -0.465 e. The molecule has 31 heavy (non-hydrogen) atoms. The zero-order valence-electron chi connectivity index (χ0n) is 17.1. The second kappa shape index (κ2) is 8.36. The molecule has 162 valence electrons. The molecule has 2 aliphatic rings. The number of anilines is 1. The summed E-state index contributed by atoms with van der Waals surface area (Å²) in [7, 11) is 0. The van der Waals surface area contributed by atoms with Gasteiger partial charge in [-0.1, -0.05) is 29.8 Å². The van der Waals surface area contributed by atoms with Crippen molar-refractivity contribution in [2.45, 2.75) is 31.3 Å². The van der Waals surface area contributed by atoms with Gasteiger partial charge in [-0.05, 0) is 25.3 Å². The van der Waals surface area contributed by atoms with E-state index in [1.165, 1.54) is 4.90 Å². The highest BCUT2D eigenvalue weighted by Gasteiger charge is 2.32. The highest BCUT2D eigenvalue weighted by molar-refractivity contribution is 6.33. The molecule has 2 fully saturated rings. The van der Waals surface area contributed by atoms with Crippen LogP contribution < -0.4 is 5.32 Å². The largest absolute Gasteiger partial charge is 0.465 e. The Morgan fingerprint density at radius 1 is 1.19 bits per heavy atom. The molecule has 1 atom stereocenters. The summed E-state index contributed by atoms with van der Waals surface area (Å²) in [6.07, 6.45) is 5.56. The van der Waals surface area contributed by atoms with E-state index in [4.69, 9.17) is 21.7 Å². The minimum absolute atomic E-state index is 0.259. The average molecular weight is 441 g/mol. The van der Waals surface area contributed by atoms with Crippen molar-refractivity contribution in [1.29, 1.82) is 0 Å². The van der Waals surface area contributed by atoms with Crippen LogP contribution in [-0.2, 0) is 0 Å². The standard InChI is InChI=1S/C22H25ClN6O2/c23-18-12-25-21(27-20(18)17-11-24-19-4-2-1-3-16(17)19)26-14-5-8-29(13-14)15-6-9-28(10-7-15)22(30)31/h1-4,11-12,14-15,24H,5-10,13H2,(H,30,31)(H,25,26,27)/t14-/m1/s1. The van der Waals surface area contributed by atoms with E-state index in [9.17, 15) is 4.79 Å². The molecular formula is C22H25ClN6O2. The number of hydrogen-bond acceptors (Lipinski definition) is 5. The molecule has 3 aromatic rings. The Bertz CT molecular complexity index is 1090. The Kier molecular flexibility index (Phi) is 5.41. The summed E-state index contributed by atoms with van der Waals surface area (Å²) in [6.45, 7) is 3.14. The highest BCUT2D eigenvalue weighted by atomic mass is 35.5. The molecule has 4 heterocycles. The first-order valence-electron chi connectivity index (χ1n) is 10.7. The van der Waals surface area contributed by atoms with Gasteiger partial charge in [0.15, 0.2) is 0 Å². The maximum atomic E-state index is 11.1. The molecule has 2 aromatic heterocycles. The molecule has 8 nitrogen and oxygen atoms in total. The van der Waals surface area contributed by atoms with Crippen molar-refractivity contribution in [1.82, 2.24) is 24.8 Å². The Morgan fingerprint density at radius 3 is 2.81 bits per heavy atom. The number of carboxylic acid groups (broad SMARTS) is 1. The number of H-pyrrole nitrogens is 1. The van der Waals surface area contributed by atoms with Crippen LogP contribution in [0.25, 0.3) is 22.2 Å². The van der Waals surface area contributed by atoms with Gasteiger partial charge in [0, 0.05) is 60.9 Å². The van der Waals surface area contributed by atoms with Crippen LogP contribution in [0.5, 0.6) is 0 Å². The van der Waals surface area contributed by atoms with E-state index in [0.29, 0.717) is 35.8 Å². The molecule has 0 radical (unpaired) electrons. The maximum Gasteiger partial charge on any atom is 0.407 e. The molecule has 0 aliphatic carbocycles. The molecular weight excluding hydrogens is 416 g/mol. The molecule has 3 N–H and O–H groups in total. The van der Waals surface area contributed by atoms with Crippen LogP contribution in [0.15, 0.2) is 36.7 Å². The number of benzene rings is 1. The molecule has 0 saturated carbocycles. The van der Waals surface area contributed by atoms with Gasteiger partial charge in [-0.3, -0.25) is 4.90 Å². The van der Waals surface area contributed by atoms with E-state index in [-0.39, 0.29) is 6.04 Å². The Morgan fingerprint density at radius 2 is 2.00 bits per heavy atom. The van der Waals surface area contributed by atoms with Crippen molar-refractivity contribution in [2.75, 3.05) is 31.5 Å². The fraction of sp³-hybridized carbons (Fsp3) is 0.409. The fourth-order valence-electron chi connectivity index (χ4n) is 4.73. The number of nitrogens with one attached hydrogen (secondary N) is 2. The summed E-state index contributed by atoms with van der Waals surface area (Å²) in [5, 5.41) is 14.2. The molecule has 2 saturated heterocycles. The van der Waals surface area contributed by atoms with Crippen molar-refractivity contribution >= 4 is 34.5 Å². The SMILES string of the molecule is O=C(O)N1CCC(N2CC[C@@H](Nc3ncc(Cl)c(-c4c[nH]c5ccccc45)n3)C2)CC1. The lowest BCUT2D eigenvalue weighted by atomic mass is 10.0. The molecule has 0 spiro atoms. The van der Waals surface area contributed by atoms with Gasteiger partial charge in [-0.2, -0.15) is 0 Å². The first kappa shape index (κ1) is 20.1. The third-order valence-electron chi connectivity index (χ3n) is 6.39. The van der Waals surface area contributed by atoms with E-state index in [1.54, 1.807) is 6.20 Å². The highest BCUT2D eigenvalue weighted by Crippen LogP contribution is 2.32. The Labute approximate surface area is 185 Å². The number of halogens is 1. The van der Waals surface area contributed by atoms with Gasteiger partial charge in [0.1, 0.15) is 0 Å². The zero-order valence-corrected chi connectivity index (χ0v) is 17.8.